The molecule has 0 saturated carbocycles. The number of esters is 3. The highest BCUT2D eigenvalue weighted by Gasteiger charge is 2.19. The van der Waals surface area contributed by atoms with Gasteiger partial charge >= 0.3 is 17.9 Å². The maximum atomic E-state index is 12.6. The first-order valence-corrected chi connectivity index (χ1v) is 22.9. The van der Waals surface area contributed by atoms with Crippen LogP contribution in [0.1, 0.15) is 207 Å². The van der Waals surface area contributed by atoms with E-state index >= 15 is 0 Å². The Hall–Kier alpha value is -3.15. The van der Waals surface area contributed by atoms with Gasteiger partial charge in [-0.1, -0.05) is 171 Å². The van der Waals surface area contributed by atoms with E-state index in [4.69, 9.17) is 14.2 Å². The SMILES string of the molecule is CC/C=C\C/C=C\C/C=C\C/C=C\C/C=C\CCCCCCCC(=O)OCC(COC(=O)CCCCCCC)OC(=O)CCCCCCC/C=C\CCCCC. The van der Waals surface area contributed by atoms with Crippen LogP contribution >= 0.6 is 0 Å². The number of hydrogen-bond donors (Lipinski definition) is 0. The minimum atomic E-state index is -0.782. The number of carbonyl (C=O) groups excluding carboxylic acids is 3. The summed E-state index contributed by atoms with van der Waals surface area (Å²) < 4.78 is 16.6. The number of hydrogen-bond acceptors (Lipinski definition) is 6. The van der Waals surface area contributed by atoms with E-state index in [0.717, 1.165) is 128 Å². The molecule has 0 amide bonds. The van der Waals surface area contributed by atoms with Gasteiger partial charge in [0.1, 0.15) is 13.2 Å². The standard InChI is InChI=1S/C50H84O6/c1-4-7-10-13-15-17-19-21-22-23-24-25-26-27-28-29-31-32-34-37-40-43-49(52)55-46-47(45-54-48(51)42-39-36-12-9-6-3)56-50(53)44-41-38-35-33-30-20-18-16-14-11-8-5-2/h7,10,15-18,21-22,24-25,27-28,47H,4-6,8-9,11-14,19-20,23,26,29-46H2,1-3H3/b10-7-,17-15-,18-16-,22-21-,25-24-,28-27-. The molecule has 0 radical (unpaired) electrons. The molecule has 0 fully saturated rings. The van der Waals surface area contributed by atoms with Gasteiger partial charge in [0.2, 0.25) is 0 Å². The van der Waals surface area contributed by atoms with Gasteiger partial charge < -0.3 is 14.2 Å². The third-order valence-corrected chi connectivity index (χ3v) is 9.45. The van der Waals surface area contributed by atoms with Crippen LogP contribution in [0.2, 0.25) is 0 Å². The molecule has 0 aromatic heterocycles. The van der Waals surface area contributed by atoms with Gasteiger partial charge in [-0.15, -0.1) is 0 Å². The summed E-state index contributed by atoms with van der Waals surface area (Å²) >= 11 is 0. The molecule has 1 atom stereocenters. The molecule has 1 unspecified atom stereocenters. The Morgan fingerprint density at radius 2 is 0.696 bits per heavy atom. The molecular formula is C50H84O6. The van der Waals surface area contributed by atoms with E-state index in [1.54, 1.807) is 0 Å². The van der Waals surface area contributed by atoms with Gasteiger partial charge in [-0.2, -0.15) is 0 Å². The van der Waals surface area contributed by atoms with E-state index in [-0.39, 0.29) is 31.1 Å². The number of allylic oxidation sites excluding steroid dienone is 12. The zero-order valence-corrected chi connectivity index (χ0v) is 36.4. The minimum Gasteiger partial charge on any atom is -0.462 e. The van der Waals surface area contributed by atoms with Crippen molar-refractivity contribution in [3.8, 4) is 0 Å². The second-order valence-corrected chi connectivity index (χ2v) is 14.9. The van der Waals surface area contributed by atoms with Crippen molar-refractivity contribution in [3.05, 3.63) is 72.9 Å². The van der Waals surface area contributed by atoms with Crippen molar-refractivity contribution in [1.29, 1.82) is 0 Å². The number of ether oxygens (including phenoxy) is 3. The van der Waals surface area contributed by atoms with E-state index < -0.39 is 6.10 Å². The Balaban J connectivity index is 4.24. The van der Waals surface area contributed by atoms with Crippen molar-refractivity contribution in [2.75, 3.05) is 13.2 Å². The van der Waals surface area contributed by atoms with Crippen LogP contribution in [-0.4, -0.2) is 37.2 Å². The van der Waals surface area contributed by atoms with E-state index in [0.29, 0.717) is 19.3 Å². The highest BCUT2D eigenvalue weighted by atomic mass is 16.6. The normalized spacial score (nSPS) is 12.7. The van der Waals surface area contributed by atoms with Crippen LogP contribution in [-0.2, 0) is 28.6 Å². The topological polar surface area (TPSA) is 78.9 Å². The number of carbonyl (C=O) groups is 3. The van der Waals surface area contributed by atoms with Crippen LogP contribution < -0.4 is 0 Å². The first-order chi connectivity index (χ1) is 27.5. The van der Waals surface area contributed by atoms with Gasteiger partial charge in [-0.3, -0.25) is 14.4 Å². The van der Waals surface area contributed by atoms with Gasteiger partial charge in [-0.25, -0.2) is 0 Å². The average molecular weight is 781 g/mol. The summed E-state index contributed by atoms with van der Waals surface area (Å²) in [6.07, 6.45) is 54.9. The molecule has 6 nitrogen and oxygen atoms in total. The highest BCUT2D eigenvalue weighted by molar-refractivity contribution is 5.71. The second kappa shape index (κ2) is 44.6. The van der Waals surface area contributed by atoms with Gasteiger partial charge in [0.15, 0.2) is 6.10 Å². The summed E-state index contributed by atoms with van der Waals surface area (Å²) in [5.41, 5.74) is 0. The van der Waals surface area contributed by atoms with Crippen molar-refractivity contribution in [2.45, 2.75) is 213 Å². The zero-order valence-electron chi connectivity index (χ0n) is 36.4. The molecule has 0 aliphatic carbocycles. The summed E-state index contributed by atoms with van der Waals surface area (Å²) in [5, 5.41) is 0. The third kappa shape index (κ3) is 42.0. The van der Waals surface area contributed by atoms with Crippen LogP contribution in [0.4, 0.5) is 0 Å². The number of rotatable bonds is 40. The molecule has 0 aromatic rings. The molecule has 320 valence electrons. The predicted octanol–water partition coefficient (Wildman–Crippen LogP) is 14.7. The van der Waals surface area contributed by atoms with Crippen molar-refractivity contribution >= 4 is 17.9 Å². The van der Waals surface area contributed by atoms with Crippen LogP contribution in [0.25, 0.3) is 0 Å². The molecule has 0 aliphatic rings. The van der Waals surface area contributed by atoms with Gasteiger partial charge in [0.25, 0.3) is 0 Å². The fraction of sp³-hybridized carbons (Fsp3) is 0.700. The maximum absolute atomic E-state index is 12.6. The summed E-state index contributed by atoms with van der Waals surface area (Å²) in [6, 6.07) is 0. The monoisotopic (exact) mass is 781 g/mol. The lowest BCUT2D eigenvalue weighted by atomic mass is 10.1. The van der Waals surface area contributed by atoms with E-state index in [1.807, 2.05) is 0 Å². The second-order valence-electron chi connectivity index (χ2n) is 14.9. The molecule has 0 aromatic carbocycles. The molecule has 0 heterocycles. The molecule has 0 bridgehead atoms. The summed E-state index contributed by atoms with van der Waals surface area (Å²) in [4.78, 5) is 37.5. The van der Waals surface area contributed by atoms with Crippen molar-refractivity contribution < 1.29 is 28.6 Å². The smallest absolute Gasteiger partial charge is 0.306 e. The van der Waals surface area contributed by atoms with Gasteiger partial charge in [-0.05, 0) is 89.9 Å². The Labute approximate surface area is 344 Å². The summed E-state index contributed by atoms with van der Waals surface area (Å²) in [7, 11) is 0. The largest absolute Gasteiger partial charge is 0.462 e. The Morgan fingerprint density at radius 1 is 0.375 bits per heavy atom. The zero-order chi connectivity index (χ0) is 40.8. The lowest BCUT2D eigenvalue weighted by Gasteiger charge is -2.18. The van der Waals surface area contributed by atoms with E-state index in [2.05, 4.69) is 93.7 Å². The fourth-order valence-electron chi connectivity index (χ4n) is 5.99. The molecule has 0 aliphatic heterocycles. The fourth-order valence-corrected chi connectivity index (χ4v) is 5.99. The molecule has 56 heavy (non-hydrogen) atoms. The van der Waals surface area contributed by atoms with Crippen LogP contribution in [0.15, 0.2) is 72.9 Å². The average Bonchev–Trinajstić information content (AvgIpc) is 3.19. The quantitative estimate of drug-likeness (QED) is 0.0267. The molecular weight excluding hydrogens is 697 g/mol. The van der Waals surface area contributed by atoms with E-state index in [9.17, 15) is 14.4 Å². The molecule has 0 spiro atoms. The lowest BCUT2D eigenvalue weighted by Crippen LogP contribution is -2.30. The first-order valence-electron chi connectivity index (χ1n) is 22.9. The Bertz CT molecular complexity index is 1080. The van der Waals surface area contributed by atoms with Crippen LogP contribution in [0.3, 0.4) is 0 Å². The van der Waals surface area contributed by atoms with Crippen molar-refractivity contribution in [2.24, 2.45) is 0 Å². The maximum Gasteiger partial charge on any atom is 0.306 e. The Kier molecular flexibility index (Phi) is 42.1. The molecule has 6 heteroatoms. The van der Waals surface area contributed by atoms with E-state index in [1.165, 1.54) is 38.5 Å². The third-order valence-electron chi connectivity index (χ3n) is 9.45. The molecule has 0 N–H and O–H groups in total. The summed E-state index contributed by atoms with van der Waals surface area (Å²) in [5.74, 6) is -0.935. The van der Waals surface area contributed by atoms with Crippen LogP contribution in [0.5, 0.6) is 0 Å². The van der Waals surface area contributed by atoms with Gasteiger partial charge in [0.05, 0.1) is 0 Å². The minimum absolute atomic E-state index is 0.0866. The van der Waals surface area contributed by atoms with Crippen molar-refractivity contribution in [1.82, 2.24) is 0 Å². The lowest BCUT2D eigenvalue weighted by molar-refractivity contribution is -0.167. The van der Waals surface area contributed by atoms with Crippen molar-refractivity contribution in [3.63, 3.8) is 0 Å². The molecule has 0 saturated heterocycles. The van der Waals surface area contributed by atoms with Gasteiger partial charge in [0, 0.05) is 19.3 Å². The highest BCUT2D eigenvalue weighted by Crippen LogP contribution is 2.12. The first kappa shape index (κ1) is 52.9. The van der Waals surface area contributed by atoms with Crippen LogP contribution in [0, 0.1) is 0 Å². The Morgan fingerprint density at radius 3 is 1.14 bits per heavy atom. The summed E-state index contributed by atoms with van der Waals surface area (Å²) in [6.45, 7) is 6.37. The predicted molar refractivity (Wildman–Crippen MR) is 238 cm³/mol. The molecule has 0 rings (SSSR count). The number of unbranched alkanes of at least 4 members (excludes halogenated alkanes) is 17.